The maximum atomic E-state index is 12.4. The molecular formula is C19H19NO3. The van der Waals surface area contributed by atoms with Crippen LogP contribution in [-0.2, 0) is 11.2 Å². The highest BCUT2D eigenvalue weighted by Crippen LogP contribution is 2.29. The highest BCUT2D eigenvalue weighted by molar-refractivity contribution is 6.15. The lowest BCUT2D eigenvalue weighted by atomic mass is 10.0. The molecule has 4 heteroatoms. The molecule has 1 aliphatic rings. The number of Topliss-reactive ketones (excluding diaryl/α,β-unsaturated/α-hetero) is 1. The van der Waals surface area contributed by atoms with Gasteiger partial charge in [-0.25, -0.2) is 0 Å². The Morgan fingerprint density at radius 3 is 2.35 bits per heavy atom. The third-order valence-electron chi connectivity index (χ3n) is 3.68. The molecule has 0 spiro atoms. The second kappa shape index (κ2) is 7.01. The number of pyridine rings is 1. The molecule has 1 aliphatic carbocycles. The molecule has 118 valence electrons. The number of hydrogen-bond donors (Lipinski definition) is 1. The summed E-state index contributed by atoms with van der Waals surface area (Å²) in [7, 11) is 0. The number of hydrogen-bond acceptors (Lipinski definition) is 3. The van der Waals surface area contributed by atoms with Gasteiger partial charge in [0.05, 0.1) is 0 Å². The second-order valence-corrected chi connectivity index (χ2v) is 5.57. The van der Waals surface area contributed by atoms with E-state index in [1.807, 2.05) is 31.2 Å². The molecule has 4 nitrogen and oxygen atoms in total. The number of carbonyl (C=O) groups excluding carboxylic acids is 1. The molecular weight excluding hydrogens is 290 g/mol. The van der Waals surface area contributed by atoms with Gasteiger partial charge in [0, 0.05) is 36.9 Å². The average Bonchev–Trinajstić information content (AvgIpc) is 2.77. The van der Waals surface area contributed by atoms with Crippen molar-refractivity contribution in [1.29, 1.82) is 0 Å². The zero-order chi connectivity index (χ0) is 17.0. The van der Waals surface area contributed by atoms with Crippen LogP contribution in [0.4, 0.5) is 0 Å². The first-order valence-corrected chi connectivity index (χ1v) is 7.33. The van der Waals surface area contributed by atoms with E-state index in [2.05, 4.69) is 18.0 Å². The molecule has 0 saturated carbocycles. The highest BCUT2D eigenvalue weighted by atomic mass is 16.4. The number of ketones is 1. The summed E-state index contributed by atoms with van der Waals surface area (Å²) < 4.78 is 0. The first kappa shape index (κ1) is 16.6. The van der Waals surface area contributed by atoms with Crippen LogP contribution >= 0.6 is 0 Å². The molecule has 3 rings (SSSR count). The summed E-state index contributed by atoms with van der Waals surface area (Å²) in [6.45, 7) is 5.22. The van der Waals surface area contributed by atoms with Crippen LogP contribution in [0.1, 0.15) is 39.5 Å². The fourth-order valence-electron chi connectivity index (χ4n) is 2.47. The van der Waals surface area contributed by atoms with Crippen LogP contribution in [-0.4, -0.2) is 21.8 Å². The number of carboxylic acid groups (broad SMARTS) is 1. The van der Waals surface area contributed by atoms with Crippen molar-refractivity contribution in [3.8, 4) is 0 Å². The van der Waals surface area contributed by atoms with E-state index in [1.165, 1.54) is 11.1 Å². The zero-order valence-electron chi connectivity index (χ0n) is 13.5. The number of carboxylic acids is 1. The normalized spacial score (nSPS) is 14.2. The Morgan fingerprint density at radius 1 is 1.17 bits per heavy atom. The number of aromatic nitrogens is 1. The van der Waals surface area contributed by atoms with E-state index in [0.29, 0.717) is 0 Å². The second-order valence-electron chi connectivity index (χ2n) is 5.57. The van der Waals surface area contributed by atoms with Crippen LogP contribution < -0.4 is 0 Å². The van der Waals surface area contributed by atoms with Crippen molar-refractivity contribution in [1.82, 2.24) is 4.98 Å². The number of rotatable bonds is 1. The molecule has 1 N–H and O–H groups in total. The lowest BCUT2D eigenvalue weighted by Gasteiger charge is -2.02. The minimum atomic E-state index is -0.833. The Balaban J connectivity index is 0.000000433. The van der Waals surface area contributed by atoms with E-state index in [1.54, 1.807) is 12.4 Å². The summed E-state index contributed by atoms with van der Waals surface area (Å²) >= 11 is 0. The molecule has 1 aromatic carbocycles. The molecule has 23 heavy (non-hydrogen) atoms. The van der Waals surface area contributed by atoms with E-state index in [4.69, 9.17) is 9.90 Å². The lowest BCUT2D eigenvalue weighted by molar-refractivity contribution is -0.134. The first-order valence-electron chi connectivity index (χ1n) is 7.33. The predicted octanol–water partition coefficient (Wildman–Crippen LogP) is 3.61. The minimum Gasteiger partial charge on any atom is -0.481 e. The van der Waals surface area contributed by atoms with Gasteiger partial charge in [-0.1, -0.05) is 6.07 Å². The van der Waals surface area contributed by atoms with Gasteiger partial charge >= 0.3 is 0 Å². The van der Waals surface area contributed by atoms with Gasteiger partial charge in [0.1, 0.15) is 0 Å². The zero-order valence-corrected chi connectivity index (χ0v) is 13.5. The van der Waals surface area contributed by atoms with Gasteiger partial charge < -0.3 is 5.11 Å². The largest absolute Gasteiger partial charge is 0.481 e. The maximum absolute atomic E-state index is 12.4. The van der Waals surface area contributed by atoms with Gasteiger partial charge in [-0.15, -0.1) is 0 Å². The molecule has 0 bridgehead atoms. The van der Waals surface area contributed by atoms with E-state index in [0.717, 1.165) is 35.6 Å². The summed E-state index contributed by atoms with van der Waals surface area (Å²) in [6.07, 6.45) is 6.19. The van der Waals surface area contributed by atoms with Gasteiger partial charge in [-0.3, -0.25) is 14.6 Å². The quantitative estimate of drug-likeness (QED) is 0.817. The third kappa shape index (κ3) is 4.13. The Morgan fingerprint density at radius 2 is 1.74 bits per heavy atom. The summed E-state index contributed by atoms with van der Waals surface area (Å²) in [6, 6.07) is 7.98. The van der Waals surface area contributed by atoms with Gasteiger partial charge in [0.25, 0.3) is 5.97 Å². The summed E-state index contributed by atoms with van der Waals surface area (Å²) in [5.74, 6) is -0.671. The molecule has 1 heterocycles. The van der Waals surface area contributed by atoms with Crippen LogP contribution in [0.15, 0.2) is 42.2 Å². The first-order chi connectivity index (χ1) is 10.9. The lowest BCUT2D eigenvalue weighted by Crippen LogP contribution is -1.96. The van der Waals surface area contributed by atoms with Crippen molar-refractivity contribution >= 4 is 17.8 Å². The molecule has 0 radical (unpaired) electrons. The van der Waals surface area contributed by atoms with Crippen LogP contribution in [0.5, 0.6) is 0 Å². The van der Waals surface area contributed by atoms with Gasteiger partial charge in [-0.2, -0.15) is 0 Å². The number of benzene rings is 1. The molecule has 1 aromatic heterocycles. The van der Waals surface area contributed by atoms with Gasteiger partial charge in [-0.05, 0) is 60.4 Å². The fourth-order valence-corrected chi connectivity index (χ4v) is 2.47. The van der Waals surface area contributed by atoms with Crippen LogP contribution in [0, 0.1) is 13.8 Å². The maximum Gasteiger partial charge on any atom is 0.300 e. The van der Waals surface area contributed by atoms with Crippen LogP contribution in [0.2, 0.25) is 0 Å². The van der Waals surface area contributed by atoms with Crippen molar-refractivity contribution < 1.29 is 14.7 Å². The molecule has 0 fully saturated rings. The number of allylic oxidation sites excluding steroid dienone is 1. The van der Waals surface area contributed by atoms with E-state index in [9.17, 15) is 4.79 Å². The highest BCUT2D eigenvalue weighted by Gasteiger charge is 2.25. The monoisotopic (exact) mass is 309 g/mol. The van der Waals surface area contributed by atoms with Gasteiger partial charge in [0.15, 0.2) is 5.78 Å². The van der Waals surface area contributed by atoms with E-state index in [-0.39, 0.29) is 5.78 Å². The molecule has 2 aromatic rings. The Bertz CT molecular complexity index is 773. The number of nitrogens with zero attached hydrogens (tertiary/aromatic N) is 1. The molecule has 0 unspecified atom stereocenters. The van der Waals surface area contributed by atoms with Crippen LogP contribution in [0.25, 0.3) is 6.08 Å². The minimum absolute atomic E-state index is 0.162. The molecule has 0 amide bonds. The van der Waals surface area contributed by atoms with E-state index >= 15 is 0 Å². The topological polar surface area (TPSA) is 67.3 Å². The van der Waals surface area contributed by atoms with Crippen molar-refractivity contribution in [2.24, 2.45) is 0 Å². The number of fused-ring (bicyclic) bond motifs is 1. The number of carbonyl (C=O) groups is 2. The van der Waals surface area contributed by atoms with Crippen molar-refractivity contribution in [2.75, 3.05) is 0 Å². The number of aliphatic carboxylic acids is 1. The van der Waals surface area contributed by atoms with E-state index < -0.39 is 5.97 Å². The van der Waals surface area contributed by atoms with Crippen LogP contribution in [0.3, 0.4) is 0 Å². The summed E-state index contributed by atoms with van der Waals surface area (Å²) in [5, 5.41) is 7.42. The third-order valence-corrected chi connectivity index (χ3v) is 3.68. The Kier molecular flexibility index (Phi) is 5.06. The van der Waals surface area contributed by atoms with Crippen molar-refractivity contribution in [3.63, 3.8) is 0 Å². The summed E-state index contributed by atoms with van der Waals surface area (Å²) in [5.41, 5.74) is 6.33. The summed E-state index contributed by atoms with van der Waals surface area (Å²) in [4.78, 5) is 25.4. The average molecular weight is 309 g/mol. The predicted molar refractivity (Wildman–Crippen MR) is 89.5 cm³/mol. The standard InChI is InChI=1S/C17H15NO.C2H4O2/c1-11-7-14-10-15(9-13-3-5-18-6-4-13)17(19)16(14)8-12(11)2;1-2(3)4/h3-9H,10H2,1-2H3;1H3,(H,3,4)/b15-9+;. The molecule has 0 atom stereocenters. The van der Waals surface area contributed by atoms with Crippen molar-refractivity contribution in [2.45, 2.75) is 27.2 Å². The fraction of sp³-hybridized carbons (Fsp3) is 0.211. The van der Waals surface area contributed by atoms with Gasteiger partial charge in [0.2, 0.25) is 0 Å². The number of aryl methyl sites for hydroxylation is 2. The molecule has 0 aliphatic heterocycles. The molecule has 0 saturated heterocycles. The smallest absolute Gasteiger partial charge is 0.300 e. The Labute approximate surface area is 135 Å². The SMILES string of the molecule is CC(=O)O.Cc1cc2c(cc1C)C(=O)/C(=C/c1ccncc1)C2. The Hall–Kier alpha value is -2.75. The van der Waals surface area contributed by atoms with Crippen molar-refractivity contribution in [3.05, 3.63) is 70.0 Å².